The van der Waals surface area contributed by atoms with Crippen molar-refractivity contribution < 1.29 is 12.5 Å². The highest BCUT2D eigenvalue weighted by Crippen LogP contribution is 2.14. The summed E-state index contributed by atoms with van der Waals surface area (Å²) in [6.45, 7) is 0. The van der Waals surface area contributed by atoms with E-state index >= 15 is 0 Å². The number of hydrogen-bond acceptors (Lipinski definition) is 2. The van der Waals surface area contributed by atoms with Gasteiger partial charge >= 0.3 is 0 Å². The van der Waals surface area contributed by atoms with Crippen molar-refractivity contribution in [3.63, 3.8) is 0 Å². The molecular weight excluding hydrogens is 276 g/mol. The maximum atomic E-state index is 11.8. The topological polar surface area (TPSA) is 34.1 Å². The molecule has 0 N–H and O–H groups in total. The Kier molecular flexibility index (Phi) is 3.47. The average molecular weight is 295 g/mol. The molecule has 0 heterocycles. The molecule has 19 heavy (non-hydrogen) atoms. The van der Waals surface area contributed by atoms with Crippen LogP contribution in [0.3, 0.4) is 0 Å². The fourth-order valence-corrected chi connectivity index (χ4v) is 2.67. The Hall–Kier alpha value is -1.26. The van der Waals surface area contributed by atoms with Gasteiger partial charge in [-0.1, -0.05) is 24.3 Å². The second kappa shape index (κ2) is 6.26. The number of rotatable bonds is 4. The summed E-state index contributed by atoms with van der Waals surface area (Å²) < 4.78 is 44.6. The third-order valence-electron chi connectivity index (χ3n) is 2.80. The van der Waals surface area contributed by atoms with Crippen molar-refractivity contribution in [2.75, 3.05) is 12.4 Å². The van der Waals surface area contributed by atoms with Gasteiger partial charge in [0.15, 0.2) is 0 Å². The molecule has 0 radical (unpaired) electrons. The van der Waals surface area contributed by atoms with Crippen LogP contribution in [-0.2, 0) is 28.0 Å². The molecule has 2 unspecified atom stereocenters. The highest BCUT2D eigenvalue weighted by Gasteiger charge is 2.01. The lowest BCUT2D eigenvalue weighted by atomic mass is 10.1. The minimum atomic E-state index is -2.49. The molecule has 2 aromatic rings. The van der Waals surface area contributed by atoms with Gasteiger partial charge in [0.05, 0.1) is 0 Å². The van der Waals surface area contributed by atoms with Gasteiger partial charge in [0, 0.05) is 47.9 Å². The summed E-state index contributed by atoms with van der Waals surface area (Å²) in [5.41, 5.74) is 2.07. The van der Waals surface area contributed by atoms with Gasteiger partial charge in [-0.15, -0.1) is 0 Å². The number of hydrogen-bond donors (Lipinski definition) is 0. The van der Waals surface area contributed by atoms with E-state index < -0.39 is 27.8 Å². The molecule has 0 aliphatic rings. The maximum absolute atomic E-state index is 11.8. The first-order chi connectivity index (χ1) is 10.3. The van der Waals surface area contributed by atoms with E-state index in [0.717, 1.165) is 16.0 Å². The molecule has 2 aromatic carbocycles. The first-order valence-electron chi connectivity index (χ1n) is 7.20. The van der Waals surface area contributed by atoms with Gasteiger partial charge in [0.2, 0.25) is 0 Å². The lowest BCUT2D eigenvalue weighted by Gasteiger charge is -2.04. The molecule has 0 aliphatic heterocycles. The average Bonchev–Trinajstić information content (AvgIpc) is 2.47. The van der Waals surface area contributed by atoms with Crippen LogP contribution in [0.1, 0.15) is 15.2 Å². The van der Waals surface area contributed by atoms with Crippen molar-refractivity contribution in [3.05, 3.63) is 59.7 Å². The molecule has 0 aliphatic carbocycles. The van der Waals surface area contributed by atoms with Gasteiger partial charge in [-0.05, 0) is 41.8 Å². The summed E-state index contributed by atoms with van der Waals surface area (Å²) >= 11 is 0. The molecule has 2 atom stereocenters. The van der Waals surface area contributed by atoms with E-state index in [9.17, 15) is 8.42 Å². The number of benzene rings is 2. The zero-order valence-corrected chi connectivity index (χ0v) is 12.1. The van der Waals surface area contributed by atoms with E-state index in [0.29, 0.717) is 11.3 Å². The molecular formula is C15H16O2S2. The third kappa shape index (κ3) is 3.85. The van der Waals surface area contributed by atoms with Crippen LogP contribution in [0.2, 0.25) is 0 Å². The van der Waals surface area contributed by atoms with Crippen LogP contribution < -0.4 is 0 Å². The first kappa shape index (κ1) is 10.5. The van der Waals surface area contributed by atoms with E-state index in [1.165, 1.54) is 0 Å². The van der Waals surface area contributed by atoms with Gasteiger partial charge in [-0.2, -0.15) is 0 Å². The normalized spacial score (nSPS) is 17.0. The molecule has 0 spiro atoms. The van der Waals surface area contributed by atoms with Crippen LogP contribution >= 0.6 is 0 Å². The summed E-state index contributed by atoms with van der Waals surface area (Å²) in [5.74, 6) is 0. The Morgan fingerprint density at radius 3 is 1.63 bits per heavy atom. The van der Waals surface area contributed by atoms with Crippen molar-refractivity contribution >= 4 is 21.6 Å². The molecule has 4 heteroatoms. The van der Waals surface area contributed by atoms with Gasteiger partial charge in [0.1, 0.15) is 0 Å². The predicted octanol–water partition coefficient (Wildman–Crippen LogP) is 2.75. The summed E-state index contributed by atoms with van der Waals surface area (Å²) in [5, 5.41) is 0. The van der Waals surface area contributed by atoms with E-state index in [1.807, 2.05) is 24.3 Å². The van der Waals surface area contributed by atoms with Crippen molar-refractivity contribution in [1.82, 2.24) is 0 Å². The van der Waals surface area contributed by atoms with Crippen molar-refractivity contribution in [1.29, 1.82) is 0 Å². The highest BCUT2D eigenvalue weighted by molar-refractivity contribution is 7.84. The van der Waals surface area contributed by atoms with Gasteiger partial charge in [0.25, 0.3) is 0 Å². The maximum Gasteiger partial charge on any atom is 0.0498 e. The standard InChI is InChI=1S/C15H16O2S2/c1-18(16)14-7-3-12(4-8-14)11-13-5-9-15(10-6-13)19(2)17/h3-10H,11H2,1-2H3/i1D3. The Morgan fingerprint density at radius 2 is 1.26 bits per heavy atom. The molecule has 2 nitrogen and oxygen atoms in total. The van der Waals surface area contributed by atoms with Crippen LogP contribution in [-0.4, -0.2) is 20.9 Å². The van der Waals surface area contributed by atoms with E-state index in [2.05, 4.69) is 0 Å². The molecule has 0 saturated carbocycles. The molecule has 0 fully saturated rings. The minimum Gasteiger partial charge on any atom is -0.255 e. The van der Waals surface area contributed by atoms with Crippen LogP contribution in [0.5, 0.6) is 0 Å². The van der Waals surface area contributed by atoms with E-state index in [4.69, 9.17) is 4.11 Å². The Bertz CT molecular complexity index is 692. The van der Waals surface area contributed by atoms with Crippen LogP contribution in [0, 0.1) is 0 Å². The molecule has 2 rings (SSSR count). The van der Waals surface area contributed by atoms with Crippen LogP contribution in [0.25, 0.3) is 0 Å². The summed E-state index contributed by atoms with van der Waals surface area (Å²) in [6, 6.07) is 14.3. The monoisotopic (exact) mass is 295 g/mol. The largest absolute Gasteiger partial charge is 0.255 e. The van der Waals surface area contributed by atoms with E-state index in [1.54, 1.807) is 30.5 Å². The SMILES string of the molecule is [2H]C([2H])([2H])S(=O)c1ccc(Cc2ccc(S(C)=O)cc2)cc1. The molecule has 0 aromatic heterocycles. The molecule has 0 amide bonds. The molecule has 0 bridgehead atoms. The lowest BCUT2D eigenvalue weighted by Crippen LogP contribution is -1.92. The lowest BCUT2D eigenvalue weighted by molar-refractivity contribution is 0.686. The van der Waals surface area contributed by atoms with Crippen LogP contribution in [0.15, 0.2) is 58.3 Å². The quantitative estimate of drug-likeness (QED) is 0.869. The van der Waals surface area contributed by atoms with Crippen molar-refractivity contribution in [2.45, 2.75) is 16.2 Å². The van der Waals surface area contributed by atoms with E-state index in [-0.39, 0.29) is 0 Å². The highest BCUT2D eigenvalue weighted by atomic mass is 32.2. The van der Waals surface area contributed by atoms with Crippen molar-refractivity contribution in [3.8, 4) is 0 Å². The third-order valence-corrected chi connectivity index (χ3v) is 4.44. The van der Waals surface area contributed by atoms with Gasteiger partial charge in [-0.25, -0.2) is 0 Å². The van der Waals surface area contributed by atoms with Gasteiger partial charge < -0.3 is 0 Å². The molecule has 100 valence electrons. The Labute approximate surface area is 123 Å². The Morgan fingerprint density at radius 1 is 0.842 bits per heavy atom. The first-order valence-corrected chi connectivity index (χ1v) is 8.41. The fourth-order valence-electron chi connectivity index (χ4n) is 1.77. The van der Waals surface area contributed by atoms with Crippen LogP contribution in [0.4, 0.5) is 0 Å². The fraction of sp³-hybridized carbons (Fsp3) is 0.200. The zero-order chi connectivity index (χ0) is 16.3. The minimum absolute atomic E-state index is 0.306. The summed E-state index contributed by atoms with van der Waals surface area (Å²) in [4.78, 5) is 1.09. The predicted molar refractivity (Wildman–Crippen MR) is 80.4 cm³/mol. The van der Waals surface area contributed by atoms with Crippen molar-refractivity contribution in [2.24, 2.45) is 0 Å². The zero-order valence-electron chi connectivity index (χ0n) is 13.5. The second-order valence-electron chi connectivity index (χ2n) is 4.19. The smallest absolute Gasteiger partial charge is 0.0498 e. The Balaban J connectivity index is 2.11. The summed E-state index contributed by atoms with van der Waals surface area (Å²) in [7, 11) is -2.99. The van der Waals surface area contributed by atoms with Gasteiger partial charge in [-0.3, -0.25) is 8.42 Å². The second-order valence-corrected chi connectivity index (χ2v) is 6.58. The summed E-state index contributed by atoms with van der Waals surface area (Å²) in [6.07, 6.45) is -0.177. The molecule has 0 saturated heterocycles.